The number of rotatable bonds is 2. The number of nitriles is 1. The van der Waals surface area contributed by atoms with Crippen LogP contribution in [0.25, 0.3) is 0 Å². The smallest absolute Gasteiger partial charge is 0.256 e. The van der Waals surface area contributed by atoms with E-state index in [9.17, 15) is 4.39 Å². The highest BCUT2D eigenvalue weighted by Gasteiger charge is 2.07. The van der Waals surface area contributed by atoms with Gasteiger partial charge in [0.05, 0.1) is 11.9 Å². The van der Waals surface area contributed by atoms with E-state index in [1.54, 1.807) is 0 Å². The van der Waals surface area contributed by atoms with E-state index in [0.29, 0.717) is 0 Å². The van der Waals surface area contributed by atoms with Crippen LogP contribution in [0.3, 0.4) is 0 Å². The van der Waals surface area contributed by atoms with Crippen molar-refractivity contribution in [2.45, 2.75) is 0 Å². The van der Waals surface area contributed by atoms with Gasteiger partial charge in [0.15, 0.2) is 0 Å². The molecule has 0 bridgehead atoms. The summed E-state index contributed by atoms with van der Waals surface area (Å²) in [5, 5.41) is 16.0. The topological polar surface area (TPSA) is 84.8 Å². The number of halogens is 1. The van der Waals surface area contributed by atoms with Crippen LogP contribution in [0.4, 0.5) is 10.1 Å². The van der Waals surface area contributed by atoms with Crippen molar-refractivity contribution in [1.29, 1.82) is 5.26 Å². The number of ether oxygens (including phenoxy) is 1. The number of anilines is 1. The van der Waals surface area contributed by atoms with Crippen LogP contribution < -0.4 is 10.5 Å². The van der Waals surface area contributed by atoms with Crippen molar-refractivity contribution in [2.24, 2.45) is 0 Å². The van der Waals surface area contributed by atoms with Gasteiger partial charge in [-0.05, 0) is 18.2 Å². The summed E-state index contributed by atoms with van der Waals surface area (Å²) in [6.07, 6.45) is 1.37. The molecule has 0 unspecified atom stereocenters. The van der Waals surface area contributed by atoms with E-state index in [0.717, 1.165) is 6.07 Å². The van der Waals surface area contributed by atoms with Crippen molar-refractivity contribution in [2.75, 3.05) is 5.73 Å². The van der Waals surface area contributed by atoms with Gasteiger partial charge in [0.25, 0.3) is 5.88 Å². The van der Waals surface area contributed by atoms with E-state index in [-0.39, 0.29) is 22.9 Å². The average molecular weight is 230 g/mol. The first-order valence-corrected chi connectivity index (χ1v) is 4.65. The SMILES string of the molecule is N#Cc1ccnnc1Oc1ccc(N)c(F)c1. The fraction of sp³-hybridized carbons (Fsp3) is 0. The second-order valence-corrected chi connectivity index (χ2v) is 3.15. The Morgan fingerprint density at radius 1 is 1.35 bits per heavy atom. The summed E-state index contributed by atoms with van der Waals surface area (Å²) in [5.74, 6) is -0.363. The van der Waals surface area contributed by atoms with Gasteiger partial charge in [-0.1, -0.05) is 0 Å². The van der Waals surface area contributed by atoms with Crippen LogP contribution >= 0.6 is 0 Å². The van der Waals surface area contributed by atoms with Crippen LogP contribution in [0.5, 0.6) is 11.6 Å². The van der Waals surface area contributed by atoms with Crippen LogP contribution in [0, 0.1) is 17.1 Å². The van der Waals surface area contributed by atoms with E-state index in [2.05, 4.69) is 10.2 Å². The molecule has 84 valence electrons. The molecule has 2 rings (SSSR count). The van der Waals surface area contributed by atoms with Gasteiger partial charge in [0.1, 0.15) is 23.2 Å². The number of nitrogen functional groups attached to an aromatic ring is 1. The molecular weight excluding hydrogens is 223 g/mol. The van der Waals surface area contributed by atoms with E-state index in [1.165, 1.54) is 24.4 Å². The Kier molecular flexibility index (Phi) is 2.83. The Morgan fingerprint density at radius 2 is 2.18 bits per heavy atom. The fourth-order valence-corrected chi connectivity index (χ4v) is 1.16. The van der Waals surface area contributed by atoms with Crippen LogP contribution in [0.2, 0.25) is 0 Å². The molecule has 2 N–H and O–H groups in total. The summed E-state index contributed by atoms with van der Waals surface area (Å²) in [6, 6.07) is 7.32. The lowest BCUT2D eigenvalue weighted by Crippen LogP contribution is -1.95. The Balaban J connectivity index is 2.32. The molecule has 2 aromatic rings. The molecule has 6 heteroatoms. The number of nitrogens with two attached hydrogens (primary N) is 1. The average Bonchev–Trinajstić information content (AvgIpc) is 2.34. The number of aromatic nitrogens is 2. The first-order chi connectivity index (χ1) is 8.20. The third kappa shape index (κ3) is 2.29. The molecule has 0 amide bonds. The fourth-order valence-electron chi connectivity index (χ4n) is 1.16. The zero-order chi connectivity index (χ0) is 12.3. The van der Waals surface area contributed by atoms with Gasteiger partial charge in [0, 0.05) is 6.07 Å². The van der Waals surface area contributed by atoms with Crippen molar-refractivity contribution in [3.8, 4) is 17.7 Å². The lowest BCUT2D eigenvalue weighted by atomic mass is 10.3. The Morgan fingerprint density at radius 3 is 2.88 bits per heavy atom. The molecule has 0 saturated heterocycles. The van der Waals surface area contributed by atoms with Crippen LogP contribution in [0.1, 0.15) is 5.56 Å². The second kappa shape index (κ2) is 4.45. The third-order valence-corrected chi connectivity index (χ3v) is 1.99. The molecule has 1 aromatic carbocycles. The molecule has 0 aliphatic heterocycles. The van der Waals surface area contributed by atoms with E-state index in [4.69, 9.17) is 15.7 Å². The lowest BCUT2D eigenvalue weighted by Gasteiger charge is -2.05. The highest BCUT2D eigenvalue weighted by molar-refractivity contribution is 5.45. The highest BCUT2D eigenvalue weighted by Crippen LogP contribution is 2.24. The first kappa shape index (κ1) is 10.8. The maximum Gasteiger partial charge on any atom is 0.256 e. The predicted molar refractivity (Wildman–Crippen MR) is 57.6 cm³/mol. The third-order valence-electron chi connectivity index (χ3n) is 1.99. The summed E-state index contributed by atoms with van der Waals surface area (Å²) in [4.78, 5) is 0. The van der Waals surface area contributed by atoms with Crippen molar-refractivity contribution >= 4 is 5.69 Å². The Bertz CT molecular complexity index is 594. The zero-order valence-corrected chi connectivity index (χ0v) is 8.59. The molecule has 0 radical (unpaired) electrons. The predicted octanol–water partition coefficient (Wildman–Crippen LogP) is 1.86. The van der Waals surface area contributed by atoms with E-state index in [1.807, 2.05) is 6.07 Å². The largest absolute Gasteiger partial charge is 0.436 e. The van der Waals surface area contributed by atoms with Gasteiger partial charge in [-0.2, -0.15) is 10.4 Å². The molecule has 0 aliphatic rings. The van der Waals surface area contributed by atoms with Gasteiger partial charge in [-0.15, -0.1) is 5.10 Å². The van der Waals surface area contributed by atoms with E-state index >= 15 is 0 Å². The van der Waals surface area contributed by atoms with Crippen molar-refractivity contribution in [1.82, 2.24) is 10.2 Å². The van der Waals surface area contributed by atoms with E-state index < -0.39 is 5.82 Å². The summed E-state index contributed by atoms with van der Waals surface area (Å²) in [5.41, 5.74) is 5.57. The Hall–Kier alpha value is -2.68. The number of nitrogens with zero attached hydrogens (tertiary/aromatic N) is 3. The van der Waals surface area contributed by atoms with Gasteiger partial charge in [0.2, 0.25) is 0 Å². The number of hydrogen-bond donors (Lipinski definition) is 1. The standard InChI is InChI=1S/C11H7FN4O/c12-9-5-8(1-2-10(9)14)17-11-7(6-13)3-4-15-16-11/h1-5H,14H2. The molecule has 0 atom stereocenters. The van der Waals surface area contributed by atoms with Gasteiger partial charge >= 0.3 is 0 Å². The van der Waals surface area contributed by atoms with Crippen LogP contribution in [0.15, 0.2) is 30.5 Å². The highest BCUT2D eigenvalue weighted by atomic mass is 19.1. The maximum atomic E-state index is 13.2. The molecule has 0 fully saturated rings. The molecule has 17 heavy (non-hydrogen) atoms. The van der Waals surface area contributed by atoms with Crippen molar-refractivity contribution in [3.63, 3.8) is 0 Å². The van der Waals surface area contributed by atoms with Crippen LogP contribution in [-0.4, -0.2) is 10.2 Å². The normalized spacial score (nSPS) is 9.65. The van der Waals surface area contributed by atoms with Crippen molar-refractivity contribution in [3.05, 3.63) is 41.8 Å². The molecular formula is C11H7FN4O. The molecule has 0 aliphatic carbocycles. The molecule has 0 saturated carbocycles. The summed E-state index contributed by atoms with van der Waals surface area (Å²) in [7, 11) is 0. The zero-order valence-electron chi connectivity index (χ0n) is 8.59. The molecule has 1 aromatic heterocycles. The van der Waals surface area contributed by atoms with Crippen LogP contribution in [-0.2, 0) is 0 Å². The maximum absolute atomic E-state index is 13.2. The minimum atomic E-state index is -0.593. The van der Waals surface area contributed by atoms with Gasteiger partial charge in [-0.25, -0.2) is 4.39 Å². The second-order valence-electron chi connectivity index (χ2n) is 3.15. The molecule has 0 spiro atoms. The number of hydrogen-bond acceptors (Lipinski definition) is 5. The molecule has 5 nitrogen and oxygen atoms in total. The monoisotopic (exact) mass is 230 g/mol. The summed E-state index contributed by atoms with van der Waals surface area (Å²) >= 11 is 0. The quantitative estimate of drug-likeness (QED) is 0.796. The summed E-state index contributed by atoms with van der Waals surface area (Å²) < 4.78 is 18.4. The first-order valence-electron chi connectivity index (χ1n) is 4.65. The van der Waals surface area contributed by atoms with Gasteiger partial charge in [-0.3, -0.25) is 0 Å². The number of benzene rings is 1. The minimum Gasteiger partial charge on any atom is -0.436 e. The Labute approximate surface area is 96.3 Å². The van der Waals surface area contributed by atoms with Crippen molar-refractivity contribution < 1.29 is 9.13 Å². The minimum absolute atomic E-state index is 0.0250. The van der Waals surface area contributed by atoms with Gasteiger partial charge < -0.3 is 10.5 Å². The lowest BCUT2D eigenvalue weighted by molar-refractivity contribution is 0.449. The summed E-state index contributed by atoms with van der Waals surface area (Å²) in [6.45, 7) is 0. The molecule has 1 heterocycles.